The molecule has 2 aliphatic rings. The summed E-state index contributed by atoms with van der Waals surface area (Å²) in [5.41, 5.74) is 1.46. The second-order valence-electron chi connectivity index (χ2n) is 6.42. The molecule has 4 rings (SSSR count). The number of hydrogen-bond acceptors (Lipinski definition) is 6. The van der Waals surface area contributed by atoms with Crippen LogP contribution in [-0.4, -0.2) is 38.6 Å². The molecule has 1 amide bonds. The van der Waals surface area contributed by atoms with Gasteiger partial charge in [0.1, 0.15) is 18.3 Å². The Hall–Kier alpha value is -2.28. The summed E-state index contributed by atoms with van der Waals surface area (Å²) in [6.45, 7) is 2.05. The van der Waals surface area contributed by atoms with E-state index in [2.05, 4.69) is 5.16 Å². The van der Waals surface area contributed by atoms with Gasteiger partial charge in [-0.2, -0.15) is 0 Å². The van der Waals surface area contributed by atoms with Gasteiger partial charge < -0.3 is 14.2 Å². The number of rotatable bonds is 4. The number of carbonyl (C=O) groups is 2. The Kier molecular flexibility index (Phi) is 4.03. The number of amides is 1. The van der Waals surface area contributed by atoms with Gasteiger partial charge in [0.15, 0.2) is 5.76 Å². The summed E-state index contributed by atoms with van der Waals surface area (Å²) in [6, 6.07) is 10.9. The molecule has 2 atom stereocenters. The highest BCUT2D eigenvalue weighted by Crippen LogP contribution is 2.47. The Labute approximate surface area is 149 Å². The van der Waals surface area contributed by atoms with Gasteiger partial charge in [0.25, 0.3) is 0 Å². The summed E-state index contributed by atoms with van der Waals surface area (Å²) in [7, 11) is 0. The Morgan fingerprint density at radius 2 is 2.24 bits per heavy atom. The van der Waals surface area contributed by atoms with E-state index >= 15 is 0 Å². The third-order valence-corrected chi connectivity index (χ3v) is 6.20. The van der Waals surface area contributed by atoms with Crippen molar-refractivity contribution in [3.8, 4) is 11.3 Å². The van der Waals surface area contributed by atoms with Crippen LogP contribution in [0.5, 0.6) is 0 Å². The maximum atomic E-state index is 12.4. The summed E-state index contributed by atoms with van der Waals surface area (Å²) < 4.78 is 10.7. The Morgan fingerprint density at radius 3 is 3.04 bits per heavy atom. The lowest BCUT2D eigenvalue weighted by Crippen LogP contribution is -2.46. The number of benzene rings is 1. The van der Waals surface area contributed by atoms with Crippen LogP contribution in [0, 0.1) is 0 Å². The summed E-state index contributed by atoms with van der Waals surface area (Å²) in [4.78, 5) is 25.9. The SMILES string of the molecule is C[C@@]12CCC(=O)N1[C@H](C(=O)OCc1cc(-c3ccccc3)on1)CS2. The molecule has 2 aliphatic heterocycles. The smallest absolute Gasteiger partial charge is 0.330 e. The fourth-order valence-corrected chi connectivity index (χ4v) is 4.77. The number of esters is 1. The van der Waals surface area contributed by atoms with Gasteiger partial charge in [-0.15, -0.1) is 11.8 Å². The van der Waals surface area contributed by atoms with E-state index in [9.17, 15) is 9.59 Å². The van der Waals surface area contributed by atoms with Gasteiger partial charge in [-0.3, -0.25) is 4.79 Å². The van der Waals surface area contributed by atoms with Crippen molar-refractivity contribution in [2.75, 3.05) is 5.75 Å². The van der Waals surface area contributed by atoms with Crippen LogP contribution in [0.2, 0.25) is 0 Å². The first kappa shape index (κ1) is 16.2. The molecule has 130 valence electrons. The molecular formula is C18H18N2O4S. The molecule has 0 spiro atoms. The highest BCUT2D eigenvalue weighted by molar-refractivity contribution is 8.01. The fourth-order valence-electron chi connectivity index (χ4n) is 3.35. The zero-order valence-electron chi connectivity index (χ0n) is 13.8. The number of nitrogens with zero attached hydrogens (tertiary/aromatic N) is 2. The summed E-state index contributed by atoms with van der Waals surface area (Å²) >= 11 is 1.65. The average molecular weight is 358 g/mol. The molecule has 25 heavy (non-hydrogen) atoms. The van der Waals surface area contributed by atoms with Crippen LogP contribution in [0.3, 0.4) is 0 Å². The van der Waals surface area contributed by atoms with Crippen LogP contribution in [0.1, 0.15) is 25.5 Å². The Morgan fingerprint density at radius 1 is 1.44 bits per heavy atom. The monoisotopic (exact) mass is 358 g/mol. The van der Waals surface area contributed by atoms with E-state index in [1.54, 1.807) is 22.7 Å². The molecule has 0 N–H and O–H groups in total. The van der Waals surface area contributed by atoms with Crippen LogP contribution in [0.25, 0.3) is 11.3 Å². The third kappa shape index (κ3) is 2.93. The van der Waals surface area contributed by atoms with Gasteiger partial charge in [-0.05, 0) is 13.3 Å². The predicted molar refractivity (Wildman–Crippen MR) is 92.5 cm³/mol. The second kappa shape index (κ2) is 6.22. The van der Waals surface area contributed by atoms with E-state index < -0.39 is 6.04 Å². The van der Waals surface area contributed by atoms with E-state index in [4.69, 9.17) is 9.26 Å². The third-order valence-electron chi connectivity index (χ3n) is 4.70. The predicted octanol–water partition coefficient (Wildman–Crippen LogP) is 2.84. The van der Waals surface area contributed by atoms with Crippen molar-refractivity contribution < 1.29 is 18.8 Å². The largest absolute Gasteiger partial charge is 0.457 e. The quantitative estimate of drug-likeness (QED) is 0.783. The van der Waals surface area contributed by atoms with Crippen LogP contribution < -0.4 is 0 Å². The van der Waals surface area contributed by atoms with Crippen LogP contribution in [0.15, 0.2) is 40.9 Å². The Balaban J connectivity index is 1.40. The van der Waals surface area contributed by atoms with Crippen molar-refractivity contribution in [1.29, 1.82) is 0 Å². The minimum absolute atomic E-state index is 0.0299. The maximum Gasteiger partial charge on any atom is 0.330 e. The zero-order valence-corrected chi connectivity index (χ0v) is 14.6. The number of carbonyl (C=O) groups excluding carboxylic acids is 2. The molecule has 0 unspecified atom stereocenters. The molecule has 2 fully saturated rings. The zero-order chi connectivity index (χ0) is 17.4. The van der Waals surface area contributed by atoms with Crippen molar-refractivity contribution in [3.63, 3.8) is 0 Å². The van der Waals surface area contributed by atoms with E-state index in [-0.39, 0.29) is 23.4 Å². The van der Waals surface area contributed by atoms with Crippen LogP contribution in [0.4, 0.5) is 0 Å². The lowest BCUT2D eigenvalue weighted by molar-refractivity contribution is -0.154. The van der Waals surface area contributed by atoms with Gasteiger partial charge in [0.05, 0.1) is 4.87 Å². The molecule has 0 aliphatic carbocycles. The summed E-state index contributed by atoms with van der Waals surface area (Å²) in [5.74, 6) is 0.859. The molecule has 2 aromatic rings. The van der Waals surface area contributed by atoms with Crippen LogP contribution in [-0.2, 0) is 20.9 Å². The average Bonchev–Trinajstić information content (AvgIpc) is 3.30. The van der Waals surface area contributed by atoms with E-state index in [0.717, 1.165) is 12.0 Å². The Bertz CT molecular complexity index is 806. The fraction of sp³-hybridized carbons (Fsp3) is 0.389. The molecule has 2 saturated heterocycles. The number of fused-ring (bicyclic) bond motifs is 1. The molecule has 6 nitrogen and oxygen atoms in total. The molecular weight excluding hydrogens is 340 g/mol. The standard InChI is InChI=1S/C18H18N2O4S/c1-18-8-7-16(21)20(18)14(11-25-18)17(22)23-10-13-9-15(24-19-13)12-5-3-2-4-6-12/h2-6,9,14H,7-8,10-11H2,1H3/t14-,18+/m0/s1. The van der Waals surface area contributed by atoms with Crippen molar-refractivity contribution in [1.82, 2.24) is 10.1 Å². The molecule has 0 radical (unpaired) electrons. The van der Waals surface area contributed by atoms with E-state index in [1.165, 1.54) is 0 Å². The number of hydrogen-bond donors (Lipinski definition) is 0. The van der Waals surface area contributed by atoms with Gasteiger partial charge in [-0.1, -0.05) is 35.5 Å². The topological polar surface area (TPSA) is 72.6 Å². The van der Waals surface area contributed by atoms with Gasteiger partial charge >= 0.3 is 5.97 Å². The number of thioether (sulfide) groups is 1. The normalized spacial score (nSPS) is 25.2. The molecule has 1 aromatic carbocycles. The highest BCUT2D eigenvalue weighted by atomic mass is 32.2. The molecule has 3 heterocycles. The van der Waals surface area contributed by atoms with E-state index in [0.29, 0.717) is 23.6 Å². The van der Waals surface area contributed by atoms with Crippen molar-refractivity contribution >= 4 is 23.6 Å². The van der Waals surface area contributed by atoms with Gasteiger partial charge in [-0.25, -0.2) is 4.79 Å². The van der Waals surface area contributed by atoms with Gasteiger partial charge in [0.2, 0.25) is 5.91 Å². The number of aromatic nitrogens is 1. The molecule has 0 saturated carbocycles. The minimum atomic E-state index is -0.509. The van der Waals surface area contributed by atoms with Crippen molar-refractivity contribution in [2.24, 2.45) is 0 Å². The van der Waals surface area contributed by atoms with Crippen molar-refractivity contribution in [2.45, 2.75) is 37.3 Å². The van der Waals surface area contributed by atoms with Crippen LogP contribution >= 0.6 is 11.8 Å². The first-order valence-corrected chi connectivity index (χ1v) is 9.19. The first-order chi connectivity index (χ1) is 12.1. The molecule has 1 aromatic heterocycles. The van der Waals surface area contributed by atoms with E-state index in [1.807, 2.05) is 37.3 Å². The highest BCUT2D eigenvalue weighted by Gasteiger charge is 2.53. The number of ether oxygens (including phenoxy) is 1. The van der Waals surface area contributed by atoms with Gasteiger partial charge in [0, 0.05) is 23.8 Å². The molecule has 7 heteroatoms. The molecule has 0 bridgehead atoms. The minimum Gasteiger partial charge on any atom is -0.457 e. The second-order valence-corrected chi connectivity index (χ2v) is 7.92. The lowest BCUT2D eigenvalue weighted by Gasteiger charge is -2.29. The lowest BCUT2D eigenvalue weighted by atomic mass is 10.2. The first-order valence-electron chi connectivity index (χ1n) is 8.21. The maximum absolute atomic E-state index is 12.4. The summed E-state index contributed by atoms with van der Waals surface area (Å²) in [5, 5.41) is 3.95. The summed E-state index contributed by atoms with van der Waals surface area (Å²) in [6.07, 6.45) is 1.28. The van der Waals surface area contributed by atoms with Crippen molar-refractivity contribution in [3.05, 3.63) is 42.1 Å².